The van der Waals surface area contributed by atoms with Gasteiger partial charge in [-0.3, -0.25) is 14.2 Å². The molecule has 1 fully saturated rings. The fourth-order valence-electron chi connectivity index (χ4n) is 3.85. The first-order valence-electron chi connectivity index (χ1n) is 9.32. The summed E-state index contributed by atoms with van der Waals surface area (Å²) in [6.07, 6.45) is 6.02. The Labute approximate surface area is 173 Å². The minimum Gasteiger partial charge on any atom is -0.494 e. The predicted molar refractivity (Wildman–Crippen MR) is 113 cm³/mol. The number of rotatable bonds is 4. The van der Waals surface area contributed by atoms with Gasteiger partial charge in [-0.2, -0.15) is 16.0 Å². The fourth-order valence-corrected chi connectivity index (χ4v) is 4.70. The van der Waals surface area contributed by atoms with Crippen molar-refractivity contribution < 1.29 is 9.13 Å². The summed E-state index contributed by atoms with van der Waals surface area (Å²) < 4.78 is 22.6. The van der Waals surface area contributed by atoms with E-state index < -0.39 is 17.1 Å². The molecule has 5 rings (SSSR count). The standard InChI is InChI=1S/C21H17FN4O3S/c1-29-19-17(14-10-30-9-13(14)11-4-6-24-7-5-11)15(22)8-25-18(19)16(12-2-3-12)20(27)26(23)21(25)28/h4-10,12H,2-3,23H2,1H3. The molecule has 0 saturated heterocycles. The molecule has 0 radical (unpaired) electrons. The van der Waals surface area contributed by atoms with Crippen LogP contribution in [-0.2, 0) is 0 Å². The van der Waals surface area contributed by atoms with E-state index >= 15 is 4.39 Å². The van der Waals surface area contributed by atoms with Crippen LogP contribution in [-0.4, -0.2) is 21.2 Å². The molecule has 0 bridgehead atoms. The average Bonchev–Trinajstić information content (AvgIpc) is 3.48. The van der Waals surface area contributed by atoms with Gasteiger partial charge in [0.2, 0.25) is 0 Å². The van der Waals surface area contributed by atoms with E-state index in [9.17, 15) is 9.59 Å². The minimum absolute atomic E-state index is 0.0303. The monoisotopic (exact) mass is 424 g/mol. The van der Waals surface area contributed by atoms with Crippen LogP contribution in [0.3, 0.4) is 0 Å². The second-order valence-electron chi connectivity index (χ2n) is 7.18. The minimum atomic E-state index is -0.817. The summed E-state index contributed by atoms with van der Waals surface area (Å²) in [6, 6.07) is 3.67. The highest BCUT2D eigenvalue weighted by Gasteiger charge is 2.33. The summed E-state index contributed by atoms with van der Waals surface area (Å²) in [5.41, 5.74) is 1.79. The van der Waals surface area contributed by atoms with Crippen LogP contribution < -0.4 is 21.8 Å². The lowest BCUT2D eigenvalue weighted by molar-refractivity contribution is 0.414. The number of pyridine rings is 2. The second kappa shape index (κ2) is 6.81. The summed E-state index contributed by atoms with van der Waals surface area (Å²) in [7, 11) is 1.41. The quantitative estimate of drug-likeness (QED) is 0.509. The molecular formula is C21H17FN4O3S. The van der Waals surface area contributed by atoms with Crippen molar-refractivity contribution >= 4 is 16.9 Å². The first kappa shape index (κ1) is 18.6. The van der Waals surface area contributed by atoms with Crippen molar-refractivity contribution in [1.29, 1.82) is 0 Å². The van der Waals surface area contributed by atoms with Crippen LogP contribution in [0.1, 0.15) is 24.3 Å². The Bertz CT molecular complexity index is 1400. The van der Waals surface area contributed by atoms with Crippen LogP contribution in [0.25, 0.3) is 27.8 Å². The molecule has 0 amide bonds. The molecule has 0 spiro atoms. The van der Waals surface area contributed by atoms with Gasteiger partial charge in [0.05, 0.1) is 24.4 Å². The molecule has 4 heterocycles. The van der Waals surface area contributed by atoms with E-state index in [1.165, 1.54) is 18.4 Å². The molecule has 1 aliphatic rings. The van der Waals surface area contributed by atoms with E-state index in [0.717, 1.165) is 34.6 Å². The molecule has 7 nitrogen and oxygen atoms in total. The molecule has 0 aromatic carbocycles. The smallest absolute Gasteiger partial charge is 0.354 e. The Balaban J connectivity index is 1.91. The van der Waals surface area contributed by atoms with Gasteiger partial charge in [-0.25, -0.2) is 9.18 Å². The maximum Gasteiger partial charge on any atom is 0.354 e. The molecule has 0 atom stereocenters. The normalized spacial score (nSPS) is 13.7. The van der Waals surface area contributed by atoms with E-state index in [1.807, 2.05) is 22.9 Å². The number of hydrogen-bond acceptors (Lipinski definition) is 6. The second-order valence-corrected chi connectivity index (χ2v) is 7.93. The number of aromatic nitrogens is 3. The van der Waals surface area contributed by atoms with Crippen molar-refractivity contribution in [3.8, 4) is 28.0 Å². The van der Waals surface area contributed by atoms with Crippen LogP contribution in [0.5, 0.6) is 5.75 Å². The zero-order valence-corrected chi connectivity index (χ0v) is 16.8. The molecule has 4 aromatic heterocycles. The molecule has 30 heavy (non-hydrogen) atoms. The van der Waals surface area contributed by atoms with E-state index in [4.69, 9.17) is 10.6 Å². The SMILES string of the molecule is COc1c(-c2cscc2-c2ccncc2)c(F)cn2c(=O)n(N)c(=O)c(C3CC3)c12. The number of ether oxygens (including phenoxy) is 1. The predicted octanol–water partition coefficient (Wildman–Crippen LogP) is 2.99. The molecule has 0 unspecified atom stereocenters. The Morgan fingerprint density at radius 2 is 1.90 bits per heavy atom. The van der Waals surface area contributed by atoms with Gasteiger partial charge in [0.15, 0.2) is 11.6 Å². The Kier molecular flexibility index (Phi) is 4.21. The Hall–Kier alpha value is -3.46. The van der Waals surface area contributed by atoms with E-state index in [2.05, 4.69) is 4.98 Å². The number of hydrogen-bond donors (Lipinski definition) is 1. The number of methoxy groups -OCH3 is 1. The fraction of sp³-hybridized carbons (Fsp3) is 0.190. The topological polar surface area (TPSA) is 91.6 Å². The zero-order chi connectivity index (χ0) is 21.0. The number of nitrogens with two attached hydrogens (primary N) is 1. The summed E-state index contributed by atoms with van der Waals surface area (Å²) >= 11 is 1.42. The van der Waals surface area contributed by atoms with Crippen molar-refractivity contribution in [1.82, 2.24) is 14.1 Å². The van der Waals surface area contributed by atoms with Crippen LogP contribution in [0, 0.1) is 5.82 Å². The van der Waals surface area contributed by atoms with Gasteiger partial charge in [-0.1, -0.05) is 0 Å². The number of nitrogens with zero attached hydrogens (tertiary/aromatic N) is 3. The van der Waals surface area contributed by atoms with Gasteiger partial charge in [-0.05, 0) is 47.2 Å². The highest BCUT2D eigenvalue weighted by molar-refractivity contribution is 7.08. The molecule has 1 saturated carbocycles. The lowest BCUT2D eigenvalue weighted by Gasteiger charge is -2.17. The molecular weight excluding hydrogens is 407 g/mol. The van der Waals surface area contributed by atoms with Crippen molar-refractivity contribution in [2.45, 2.75) is 18.8 Å². The molecule has 152 valence electrons. The third kappa shape index (κ3) is 2.66. The van der Waals surface area contributed by atoms with Gasteiger partial charge in [0, 0.05) is 23.5 Å². The lowest BCUT2D eigenvalue weighted by Crippen LogP contribution is -2.44. The first-order valence-corrected chi connectivity index (χ1v) is 10.3. The maximum atomic E-state index is 15.4. The molecule has 4 aromatic rings. The summed E-state index contributed by atoms with van der Waals surface area (Å²) in [5.74, 6) is 5.17. The third-order valence-electron chi connectivity index (χ3n) is 5.39. The highest BCUT2D eigenvalue weighted by atomic mass is 32.1. The summed E-state index contributed by atoms with van der Waals surface area (Å²) in [6.45, 7) is 0. The molecule has 0 aliphatic heterocycles. The molecule has 9 heteroatoms. The van der Waals surface area contributed by atoms with Crippen molar-refractivity contribution in [2.24, 2.45) is 0 Å². The van der Waals surface area contributed by atoms with Gasteiger partial charge in [-0.15, -0.1) is 0 Å². The molecule has 2 N–H and O–H groups in total. The van der Waals surface area contributed by atoms with Crippen molar-refractivity contribution in [3.63, 3.8) is 0 Å². The number of halogens is 1. The van der Waals surface area contributed by atoms with Gasteiger partial charge >= 0.3 is 5.69 Å². The maximum absolute atomic E-state index is 15.4. The van der Waals surface area contributed by atoms with E-state index in [1.54, 1.807) is 12.4 Å². The Morgan fingerprint density at radius 3 is 2.57 bits per heavy atom. The van der Waals surface area contributed by atoms with Crippen molar-refractivity contribution in [3.05, 3.63) is 73.7 Å². The third-order valence-corrected chi connectivity index (χ3v) is 6.14. The highest BCUT2D eigenvalue weighted by Crippen LogP contribution is 2.46. The van der Waals surface area contributed by atoms with Gasteiger partial charge in [0.25, 0.3) is 5.56 Å². The van der Waals surface area contributed by atoms with E-state index in [0.29, 0.717) is 15.8 Å². The molecule has 1 aliphatic carbocycles. The van der Waals surface area contributed by atoms with Crippen LogP contribution in [0.15, 0.2) is 51.1 Å². The van der Waals surface area contributed by atoms with E-state index in [-0.39, 0.29) is 22.7 Å². The van der Waals surface area contributed by atoms with Gasteiger partial charge in [0.1, 0.15) is 5.52 Å². The largest absolute Gasteiger partial charge is 0.494 e. The average molecular weight is 424 g/mol. The van der Waals surface area contributed by atoms with Crippen LogP contribution >= 0.6 is 11.3 Å². The van der Waals surface area contributed by atoms with Crippen LogP contribution in [0.2, 0.25) is 0 Å². The number of thiophene rings is 1. The van der Waals surface area contributed by atoms with Gasteiger partial charge < -0.3 is 10.6 Å². The van der Waals surface area contributed by atoms with Crippen molar-refractivity contribution in [2.75, 3.05) is 13.0 Å². The summed E-state index contributed by atoms with van der Waals surface area (Å²) in [5, 5.41) is 3.74. The summed E-state index contributed by atoms with van der Waals surface area (Å²) in [4.78, 5) is 29.5. The number of nitrogen functional groups attached to an aromatic ring is 1. The Morgan fingerprint density at radius 1 is 1.20 bits per heavy atom. The first-order chi connectivity index (χ1) is 14.5. The number of fused-ring (bicyclic) bond motifs is 1. The zero-order valence-electron chi connectivity index (χ0n) is 16.0. The van der Waals surface area contributed by atoms with Crippen LogP contribution in [0.4, 0.5) is 4.39 Å². The lowest BCUT2D eigenvalue weighted by atomic mass is 9.97.